The number of carbonyl (C=O) groups is 2. The molecule has 118 valence electrons. The first-order valence-electron chi connectivity index (χ1n) is 7.95. The monoisotopic (exact) mass is 320 g/mol. The van der Waals surface area contributed by atoms with Gasteiger partial charge in [0.1, 0.15) is 0 Å². The molecule has 3 rings (SSSR count). The van der Waals surface area contributed by atoms with Gasteiger partial charge < -0.3 is 10.2 Å². The normalized spacial score (nSPS) is 21.8. The second-order valence-corrected chi connectivity index (χ2v) is 6.64. The molecule has 4 nitrogen and oxygen atoms in total. The van der Waals surface area contributed by atoms with Crippen LogP contribution in [0.5, 0.6) is 0 Å². The number of nitrogens with zero attached hydrogens (tertiary/aromatic N) is 1. The van der Waals surface area contributed by atoms with Gasteiger partial charge in [0.2, 0.25) is 11.8 Å². The van der Waals surface area contributed by atoms with Crippen molar-refractivity contribution in [1.29, 1.82) is 0 Å². The molecule has 22 heavy (non-hydrogen) atoms. The van der Waals surface area contributed by atoms with Crippen LogP contribution >= 0.6 is 11.6 Å². The second kappa shape index (κ2) is 6.69. The maximum absolute atomic E-state index is 12.2. The molecular weight excluding hydrogens is 300 g/mol. The molecule has 1 aromatic carbocycles. The number of halogens is 1. The van der Waals surface area contributed by atoms with Gasteiger partial charge in [-0.3, -0.25) is 9.59 Å². The third kappa shape index (κ3) is 3.43. The lowest BCUT2D eigenvalue weighted by molar-refractivity contribution is -0.131. The van der Waals surface area contributed by atoms with E-state index in [0.29, 0.717) is 30.6 Å². The van der Waals surface area contributed by atoms with Gasteiger partial charge in [-0.2, -0.15) is 0 Å². The molecule has 0 bridgehead atoms. The summed E-state index contributed by atoms with van der Waals surface area (Å²) in [4.78, 5) is 26.1. The summed E-state index contributed by atoms with van der Waals surface area (Å²) in [6, 6.07) is 8.03. The number of likely N-dealkylation sites (tertiary alicyclic amines) is 1. The van der Waals surface area contributed by atoms with Gasteiger partial charge in [-0.1, -0.05) is 23.7 Å². The third-order valence-corrected chi connectivity index (χ3v) is 4.88. The van der Waals surface area contributed by atoms with Crippen LogP contribution in [0.4, 0.5) is 0 Å². The van der Waals surface area contributed by atoms with E-state index in [0.717, 1.165) is 24.8 Å². The zero-order valence-corrected chi connectivity index (χ0v) is 13.3. The van der Waals surface area contributed by atoms with Crippen LogP contribution in [0.1, 0.15) is 31.2 Å². The Bertz CT molecular complexity index is 572. The van der Waals surface area contributed by atoms with Crippen LogP contribution in [-0.2, 0) is 16.0 Å². The number of benzene rings is 1. The van der Waals surface area contributed by atoms with Crippen molar-refractivity contribution in [3.8, 4) is 0 Å². The minimum atomic E-state index is -0.188. The molecule has 2 aliphatic rings. The summed E-state index contributed by atoms with van der Waals surface area (Å²) in [6.45, 7) is 1.17. The van der Waals surface area contributed by atoms with Crippen molar-refractivity contribution in [3.63, 3.8) is 0 Å². The van der Waals surface area contributed by atoms with Crippen molar-refractivity contribution < 1.29 is 9.59 Å². The molecule has 1 saturated heterocycles. The Kier molecular flexibility index (Phi) is 4.67. The molecule has 1 unspecified atom stereocenters. The largest absolute Gasteiger partial charge is 0.355 e. The standard InChI is InChI=1S/C17H21ClN2O2/c18-14-4-1-3-12(9-14)7-8-19-17(22)13-10-16(21)20(11-13)15-5-2-6-15/h1,3-4,9,13,15H,2,5-8,10-11H2,(H,19,22). The molecule has 1 aliphatic carbocycles. The molecule has 1 heterocycles. The Morgan fingerprint density at radius 3 is 2.86 bits per heavy atom. The minimum absolute atomic E-state index is 0.00259. The second-order valence-electron chi connectivity index (χ2n) is 6.20. The Hall–Kier alpha value is -1.55. The maximum Gasteiger partial charge on any atom is 0.225 e. The van der Waals surface area contributed by atoms with Crippen LogP contribution < -0.4 is 5.32 Å². The number of hydrogen-bond donors (Lipinski definition) is 1. The van der Waals surface area contributed by atoms with Gasteiger partial charge >= 0.3 is 0 Å². The minimum Gasteiger partial charge on any atom is -0.355 e. The molecular formula is C17H21ClN2O2. The predicted octanol–water partition coefficient (Wildman–Crippen LogP) is 2.40. The summed E-state index contributed by atoms with van der Waals surface area (Å²) in [6.07, 6.45) is 4.49. The van der Waals surface area contributed by atoms with Crippen molar-refractivity contribution in [2.45, 2.75) is 38.1 Å². The van der Waals surface area contributed by atoms with Gasteiger partial charge in [0.25, 0.3) is 0 Å². The van der Waals surface area contributed by atoms with Crippen LogP contribution in [0.3, 0.4) is 0 Å². The highest BCUT2D eigenvalue weighted by Crippen LogP contribution is 2.30. The van der Waals surface area contributed by atoms with E-state index in [1.54, 1.807) is 0 Å². The summed E-state index contributed by atoms with van der Waals surface area (Å²) >= 11 is 5.94. The third-order valence-electron chi connectivity index (χ3n) is 4.65. The molecule has 2 fully saturated rings. The SMILES string of the molecule is O=C(NCCc1cccc(Cl)c1)C1CC(=O)N(C2CCC2)C1. The molecule has 1 atom stereocenters. The van der Waals surface area contributed by atoms with Gasteiger partial charge in [0.05, 0.1) is 5.92 Å². The van der Waals surface area contributed by atoms with E-state index in [1.807, 2.05) is 29.2 Å². The molecule has 1 aromatic rings. The highest BCUT2D eigenvalue weighted by Gasteiger charge is 2.39. The molecule has 0 radical (unpaired) electrons. The first kappa shape index (κ1) is 15.3. The van der Waals surface area contributed by atoms with Crippen LogP contribution in [0, 0.1) is 5.92 Å². The van der Waals surface area contributed by atoms with Crippen LogP contribution in [0.25, 0.3) is 0 Å². The van der Waals surface area contributed by atoms with E-state index >= 15 is 0 Å². The van der Waals surface area contributed by atoms with E-state index in [4.69, 9.17) is 11.6 Å². The van der Waals surface area contributed by atoms with E-state index in [1.165, 1.54) is 6.42 Å². The Morgan fingerprint density at radius 2 is 2.18 bits per heavy atom. The average molecular weight is 321 g/mol. The number of rotatable bonds is 5. The van der Waals surface area contributed by atoms with Crippen molar-refractivity contribution in [2.24, 2.45) is 5.92 Å². The molecule has 1 N–H and O–H groups in total. The fraction of sp³-hybridized carbons (Fsp3) is 0.529. The fourth-order valence-electron chi connectivity index (χ4n) is 3.13. The van der Waals surface area contributed by atoms with Crippen molar-refractivity contribution in [1.82, 2.24) is 10.2 Å². The number of amides is 2. The van der Waals surface area contributed by atoms with Crippen molar-refractivity contribution in [2.75, 3.05) is 13.1 Å². The van der Waals surface area contributed by atoms with Crippen LogP contribution in [0.2, 0.25) is 5.02 Å². The van der Waals surface area contributed by atoms with Gasteiger partial charge in [-0.25, -0.2) is 0 Å². The predicted molar refractivity (Wildman–Crippen MR) is 85.6 cm³/mol. The van der Waals surface area contributed by atoms with Gasteiger partial charge in [-0.05, 0) is 43.4 Å². The zero-order chi connectivity index (χ0) is 15.5. The summed E-state index contributed by atoms with van der Waals surface area (Å²) in [5, 5.41) is 3.66. The first-order chi connectivity index (χ1) is 10.6. The molecule has 1 aliphatic heterocycles. The Labute approximate surface area is 135 Å². The first-order valence-corrected chi connectivity index (χ1v) is 8.33. The van der Waals surface area contributed by atoms with Crippen molar-refractivity contribution >= 4 is 23.4 Å². The molecule has 5 heteroatoms. The quantitative estimate of drug-likeness (QED) is 0.905. The smallest absolute Gasteiger partial charge is 0.225 e. The van der Waals surface area contributed by atoms with E-state index in [2.05, 4.69) is 5.32 Å². The summed E-state index contributed by atoms with van der Waals surface area (Å²) in [5.74, 6) is -0.0515. The lowest BCUT2D eigenvalue weighted by Gasteiger charge is -2.34. The summed E-state index contributed by atoms with van der Waals surface area (Å²) in [5.41, 5.74) is 1.10. The highest BCUT2D eigenvalue weighted by molar-refractivity contribution is 6.30. The molecule has 2 amide bonds. The van der Waals surface area contributed by atoms with E-state index in [-0.39, 0.29) is 17.7 Å². The van der Waals surface area contributed by atoms with Gasteiger partial charge in [0, 0.05) is 30.6 Å². The lowest BCUT2D eigenvalue weighted by atomic mass is 9.92. The topological polar surface area (TPSA) is 49.4 Å². The van der Waals surface area contributed by atoms with E-state index < -0.39 is 0 Å². The number of hydrogen-bond acceptors (Lipinski definition) is 2. The average Bonchev–Trinajstić information content (AvgIpc) is 2.79. The fourth-order valence-corrected chi connectivity index (χ4v) is 3.34. The highest BCUT2D eigenvalue weighted by atomic mass is 35.5. The maximum atomic E-state index is 12.2. The van der Waals surface area contributed by atoms with Crippen molar-refractivity contribution in [3.05, 3.63) is 34.9 Å². The number of nitrogens with one attached hydrogen (secondary N) is 1. The van der Waals surface area contributed by atoms with Gasteiger partial charge in [-0.15, -0.1) is 0 Å². The summed E-state index contributed by atoms with van der Waals surface area (Å²) < 4.78 is 0. The molecule has 0 aromatic heterocycles. The van der Waals surface area contributed by atoms with Crippen LogP contribution in [-0.4, -0.2) is 35.8 Å². The Balaban J connectivity index is 1.45. The van der Waals surface area contributed by atoms with Gasteiger partial charge in [0.15, 0.2) is 0 Å². The van der Waals surface area contributed by atoms with E-state index in [9.17, 15) is 9.59 Å². The lowest BCUT2D eigenvalue weighted by Crippen LogP contribution is -2.42. The summed E-state index contributed by atoms with van der Waals surface area (Å²) in [7, 11) is 0. The molecule has 1 saturated carbocycles. The Morgan fingerprint density at radius 1 is 1.36 bits per heavy atom. The molecule has 0 spiro atoms. The zero-order valence-electron chi connectivity index (χ0n) is 12.6. The van der Waals surface area contributed by atoms with Crippen LogP contribution in [0.15, 0.2) is 24.3 Å². The number of carbonyl (C=O) groups excluding carboxylic acids is 2.